The standard InChI is InChI=1S/C19H19F3N2O6S2/c1-18(2)11-31(26,27)24(17(18)25)14-7-8-15(30-3)16(10-14)32(28,29)23-13-6-4-5-12(9-13)19(20,21)22/h4-10,23H,11H2,1-3H3. The Morgan fingerprint density at radius 3 is 2.31 bits per heavy atom. The molecule has 0 atom stereocenters. The lowest BCUT2D eigenvalue weighted by Crippen LogP contribution is -2.33. The van der Waals surface area contributed by atoms with Crippen LogP contribution in [0.25, 0.3) is 0 Å². The molecule has 8 nitrogen and oxygen atoms in total. The van der Waals surface area contributed by atoms with Crippen molar-refractivity contribution in [1.82, 2.24) is 0 Å². The number of anilines is 2. The van der Waals surface area contributed by atoms with Crippen LogP contribution in [0.3, 0.4) is 0 Å². The van der Waals surface area contributed by atoms with Crippen LogP contribution in [0, 0.1) is 5.41 Å². The molecule has 1 saturated heterocycles. The van der Waals surface area contributed by atoms with Gasteiger partial charge in [-0.1, -0.05) is 6.07 Å². The van der Waals surface area contributed by atoms with E-state index < -0.39 is 53.8 Å². The van der Waals surface area contributed by atoms with Gasteiger partial charge in [0.25, 0.3) is 10.0 Å². The van der Waals surface area contributed by atoms with Crippen LogP contribution < -0.4 is 13.8 Å². The van der Waals surface area contributed by atoms with Gasteiger partial charge in [0.2, 0.25) is 15.9 Å². The van der Waals surface area contributed by atoms with E-state index in [1.54, 1.807) is 0 Å². The molecule has 2 aromatic rings. The first kappa shape index (κ1) is 23.9. The van der Waals surface area contributed by atoms with Crippen molar-refractivity contribution in [3.63, 3.8) is 0 Å². The molecule has 0 bridgehead atoms. The molecule has 0 aliphatic carbocycles. The lowest BCUT2D eigenvalue weighted by atomic mass is 9.95. The smallest absolute Gasteiger partial charge is 0.416 e. The van der Waals surface area contributed by atoms with Gasteiger partial charge in [-0.2, -0.15) is 13.2 Å². The van der Waals surface area contributed by atoms with Gasteiger partial charge in [0.15, 0.2) is 0 Å². The Kier molecular flexibility index (Phi) is 5.71. The molecule has 13 heteroatoms. The van der Waals surface area contributed by atoms with Gasteiger partial charge in [-0.25, -0.2) is 21.1 Å². The Balaban J connectivity index is 2.07. The minimum atomic E-state index is -4.68. The van der Waals surface area contributed by atoms with E-state index >= 15 is 0 Å². The summed E-state index contributed by atoms with van der Waals surface area (Å²) in [4.78, 5) is 12.1. The molecule has 3 rings (SSSR count). The van der Waals surface area contributed by atoms with E-state index in [-0.39, 0.29) is 17.1 Å². The number of ether oxygens (including phenoxy) is 1. The maximum absolute atomic E-state index is 13.0. The number of carbonyl (C=O) groups is 1. The van der Waals surface area contributed by atoms with E-state index in [4.69, 9.17) is 4.74 Å². The molecular formula is C19H19F3N2O6S2. The molecule has 1 N–H and O–H groups in total. The van der Waals surface area contributed by atoms with Gasteiger partial charge in [0, 0.05) is 5.69 Å². The van der Waals surface area contributed by atoms with E-state index in [9.17, 15) is 34.8 Å². The van der Waals surface area contributed by atoms with Crippen molar-refractivity contribution in [3.05, 3.63) is 48.0 Å². The average molecular weight is 492 g/mol. The number of benzene rings is 2. The summed E-state index contributed by atoms with van der Waals surface area (Å²) in [5, 5.41) is 0. The fourth-order valence-electron chi connectivity index (χ4n) is 3.23. The maximum Gasteiger partial charge on any atom is 0.416 e. The highest BCUT2D eigenvalue weighted by Gasteiger charge is 2.50. The molecule has 1 aliphatic rings. The summed E-state index contributed by atoms with van der Waals surface area (Å²) in [6.07, 6.45) is -4.68. The summed E-state index contributed by atoms with van der Waals surface area (Å²) >= 11 is 0. The number of methoxy groups -OCH3 is 1. The van der Waals surface area contributed by atoms with Gasteiger partial charge in [-0.3, -0.25) is 9.52 Å². The van der Waals surface area contributed by atoms with Crippen LogP contribution in [0.15, 0.2) is 47.4 Å². The number of nitrogens with one attached hydrogen (secondary N) is 1. The highest BCUT2D eigenvalue weighted by Crippen LogP contribution is 2.39. The molecular weight excluding hydrogens is 473 g/mol. The maximum atomic E-state index is 13.0. The highest BCUT2D eigenvalue weighted by atomic mass is 32.2. The molecule has 2 aromatic carbocycles. The molecule has 0 aromatic heterocycles. The van der Waals surface area contributed by atoms with Crippen molar-refractivity contribution in [2.24, 2.45) is 5.41 Å². The number of carbonyl (C=O) groups excluding carboxylic acids is 1. The van der Waals surface area contributed by atoms with E-state index in [1.807, 2.05) is 4.72 Å². The highest BCUT2D eigenvalue weighted by molar-refractivity contribution is 7.94. The third kappa shape index (κ3) is 4.39. The Morgan fingerprint density at radius 1 is 1.12 bits per heavy atom. The molecule has 1 fully saturated rings. The van der Waals surface area contributed by atoms with E-state index in [1.165, 1.54) is 27.0 Å². The summed E-state index contributed by atoms with van der Waals surface area (Å²) in [5.41, 5.74) is -2.87. The second-order valence-electron chi connectivity index (χ2n) is 7.73. The van der Waals surface area contributed by atoms with Gasteiger partial charge in [0.05, 0.1) is 29.5 Å². The molecule has 0 saturated carbocycles. The van der Waals surface area contributed by atoms with Crippen molar-refractivity contribution in [2.75, 3.05) is 21.9 Å². The minimum absolute atomic E-state index is 0.198. The number of hydrogen-bond donors (Lipinski definition) is 1. The molecule has 0 unspecified atom stereocenters. The Labute approximate surface area is 183 Å². The largest absolute Gasteiger partial charge is 0.495 e. The van der Waals surface area contributed by atoms with Gasteiger partial charge >= 0.3 is 6.18 Å². The summed E-state index contributed by atoms with van der Waals surface area (Å²) in [6.45, 7) is 2.90. The summed E-state index contributed by atoms with van der Waals surface area (Å²) in [6, 6.07) is 6.84. The first-order valence-electron chi connectivity index (χ1n) is 9.04. The quantitative estimate of drug-likeness (QED) is 0.687. The molecule has 1 amide bonds. The van der Waals surface area contributed by atoms with E-state index in [0.717, 1.165) is 30.3 Å². The van der Waals surface area contributed by atoms with Gasteiger partial charge in [-0.15, -0.1) is 0 Å². The van der Waals surface area contributed by atoms with Gasteiger partial charge in [-0.05, 0) is 50.2 Å². The third-order valence-corrected chi connectivity index (χ3v) is 8.12. The topological polar surface area (TPSA) is 110 Å². The minimum Gasteiger partial charge on any atom is -0.495 e. The van der Waals surface area contributed by atoms with E-state index in [2.05, 4.69) is 0 Å². The second kappa shape index (κ2) is 7.66. The monoisotopic (exact) mass is 492 g/mol. The second-order valence-corrected chi connectivity index (χ2v) is 11.2. The zero-order valence-corrected chi connectivity index (χ0v) is 18.7. The molecule has 1 heterocycles. The van der Waals surface area contributed by atoms with Crippen LogP contribution in [0.5, 0.6) is 5.75 Å². The molecule has 174 valence electrons. The summed E-state index contributed by atoms with van der Waals surface area (Å²) in [7, 11) is -7.42. The zero-order valence-electron chi connectivity index (χ0n) is 17.1. The Morgan fingerprint density at radius 2 is 1.78 bits per heavy atom. The van der Waals surface area contributed by atoms with Crippen LogP contribution in [-0.4, -0.2) is 35.6 Å². The van der Waals surface area contributed by atoms with Gasteiger partial charge < -0.3 is 4.74 Å². The predicted octanol–water partition coefficient (Wildman–Crippen LogP) is 3.22. The fraction of sp³-hybridized carbons (Fsp3) is 0.316. The lowest BCUT2D eigenvalue weighted by Gasteiger charge is -2.19. The Bertz CT molecular complexity index is 1290. The number of alkyl halides is 3. The predicted molar refractivity (Wildman–Crippen MR) is 110 cm³/mol. The van der Waals surface area contributed by atoms with Crippen molar-refractivity contribution in [2.45, 2.75) is 24.9 Å². The van der Waals surface area contributed by atoms with Gasteiger partial charge in [0.1, 0.15) is 10.6 Å². The number of rotatable bonds is 5. The molecule has 0 radical (unpaired) electrons. The van der Waals surface area contributed by atoms with Crippen LogP contribution in [0.2, 0.25) is 0 Å². The number of halogens is 3. The average Bonchev–Trinajstić information content (AvgIpc) is 2.83. The van der Waals surface area contributed by atoms with Crippen molar-refractivity contribution >= 4 is 37.3 Å². The van der Waals surface area contributed by atoms with Crippen LogP contribution in [-0.2, 0) is 31.0 Å². The number of nitrogens with zero attached hydrogens (tertiary/aromatic N) is 1. The number of sulfonamides is 2. The van der Waals surface area contributed by atoms with Crippen LogP contribution >= 0.6 is 0 Å². The summed E-state index contributed by atoms with van der Waals surface area (Å²) < 4.78 is 97.4. The Hall–Kier alpha value is -2.80. The SMILES string of the molecule is COc1ccc(N2C(=O)C(C)(C)CS2(=O)=O)cc1S(=O)(=O)Nc1cccc(C(F)(F)F)c1. The molecule has 0 spiro atoms. The molecule has 1 aliphatic heterocycles. The third-order valence-electron chi connectivity index (χ3n) is 4.70. The van der Waals surface area contributed by atoms with Crippen LogP contribution in [0.1, 0.15) is 19.4 Å². The summed E-state index contributed by atoms with van der Waals surface area (Å²) in [5.74, 6) is -1.40. The normalized spacial score (nSPS) is 17.9. The fourth-order valence-corrected chi connectivity index (χ4v) is 6.57. The number of hydrogen-bond acceptors (Lipinski definition) is 6. The van der Waals surface area contributed by atoms with Crippen molar-refractivity contribution in [3.8, 4) is 5.75 Å². The molecule has 32 heavy (non-hydrogen) atoms. The zero-order chi connectivity index (χ0) is 24.1. The van der Waals surface area contributed by atoms with E-state index in [0.29, 0.717) is 10.4 Å². The van der Waals surface area contributed by atoms with Crippen molar-refractivity contribution < 1.29 is 39.5 Å². The van der Waals surface area contributed by atoms with Crippen LogP contribution in [0.4, 0.5) is 24.5 Å². The first-order valence-corrected chi connectivity index (χ1v) is 12.1. The van der Waals surface area contributed by atoms with Crippen molar-refractivity contribution in [1.29, 1.82) is 0 Å². The lowest BCUT2D eigenvalue weighted by molar-refractivity contribution is -0.137. The number of amides is 1. The first-order chi connectivity index (χ1) is 14.6.